The zero-order valence-electron chi connectivity index (χ0n) is 24.4. The van der Waals surface area contributed by atoms with Crippen molar-refractivity contribution in [2.75, 3.05) is 0 Å². The second kappa shape index (κ2) is 8.23. The zero-order chi connectivity index (χ0) is 29.8. The van der Waals surface area contributed by atoms with E-state index in [0.29, 0.717) is 22.5 Å². The van der Waals surface area contributed by atoms with Crippen LogP contribution in [0.3, 0.4) is 0 Å². The lowest BCUT2D eigenvalue weighted by Gasteiger charge is -2.22. The molecule has 4 heteroatoms. The van der Waals surface area contributed by atoms with Crippen molar-refractivity contribution in [1.82, 2.24) is 4.57 Å². The maximum atomic E-state index is 10.3. The van der Waals surface area contributed by atoms with Crippen LogP contribution in [-0.2, 0) is 10.8 Å². The second-order valence-electron chi connectivity index (χ2n) is 12.7. The molecule has 1 aromatic heterocycles. The first-order valence-corrected chi connectivity index (χ1v) is 14.4. The molecule has 5 aromatic carbocycles. The molecule has 43 heavy (non-hydrogen) atoms. The monoisotopic (exact) mass is 550 g/mol. The zero-order valence-corrected chi connectivity index (χ0v) is 24.4. The smallest absolute Gasteiger partial charge is 0.213 e. The van der Waals surface area contributed by atoms with Crippen LogP contribution in [-0.4, -0.2) is 4.57 Å². The summed E-state index contributed by atoms with van der Waals surface area (Å²) < 4.78 is 2.11. The van der Waals surface area contributed by atoms with Crippen LogP contribution in [0.15, 0.2) is 84.9 Å². The van der Waals surface area contributed by atoms with Gasteiger partial charge < -0.3 is 4.57 Å². The van der Waals surface area contributed by atoms with E-state index in [2.05, 4.69) is 122 Å². The van der Waals surface area contributed by atoms with Crippen molar-refractivity contribution in [2.24, 2.45) is 0 Å². The molecule has 202 valence electrons. The number of hydrogen-bond donors (Lipinski definition) is 0. The second-order valence-corrected chi connectivity index (χ2v) is 12.7. The molecule has 0 amide bonds. The molecule has 0 saturated carbocycles. The maximum absolute atomic E-state index is 10.3. The number of aromatic nitrogens is 1. The van der Waals surface area contributed by atoms with Gasteiger partial charge in [0.2, 0.25) is 5.69 Å². The SMILES string of the molecule is [C-]#[N+]c1cc(C#N)cc(C#N)c1-n1c2cc3c(cc2c2cc4c(cc21)C(C)(C)c1ccccc1-4)-c1ccccc1C3(C)C. The molecule has 6 aromatic rings. The largest absolute Gasteiger partial charge is 0.318 e. The van der Waals surface area contributed by atoms with Gasteiger partial charge in [0.1, 0.15) is 0 Å². The van der Waals surface area contributed by atoms with E-state index >= 15 is 0 Å². The molecule has 0 saturated heterocycles. The number of benzene rings is 5. The van der Waals surface area contributed by atoms with Crippen molar-refractivity contribution in [2.45, 2.75) is 38.5 Å². The lowest BCUT2D eigenvalue weighted by Crippen LogP contribution is -2.15. The molecule has 1 heterocycles. The molecule has 0 bridgehead atoms. The van der Waals surface area contributed by atoms with Crippen LogP contribution in [0.1, 0.15) is 61.1 Å². The summed E-state index contributed by atoms with van der Waals surface area (Å²) in [4.78, 5) is 3.85. The summed E-state index contributed by atoms with van der Waals surface area (Å²) in [7, 11) is 0. The Morgan fingerprint density at radius 1 is 0.628 bits per heavy atom. The Labute approximate surface area is 250 Å². The molecule has 0 atom stereocenters. The predicted octanol–water partition coefficient (Wildman–Crippen LogP) is 9.69. The Morgan fingerprint density at radius 2 is 1.14 bits per heavy atom. The van der Waals surface area contributed by atoms with Gasteiger partial charge >= 0.3 is 0 Å². The lowest BCUT2D eigenvalue weighted by molar-refractivity contribution is 0.660. The summed E-state index contributed by atoms with van der Waals surface area (Å²) in [6.07, 6.45) is 0. The highest BCUT2D eigenvalue weighted by molar-refractivity contribution is 6.14. The number of fused-ring (bicyclic) bond motifs is 9. The van der Waals surface area contributed by atoms with Gasteiger partial charge in [-0.05, 0) is 80.9 Å². The number of rotatable bonds is 1. The first-order valence-electron chi connectivity index (χ1n) is 14.4. The van der Waals surface area contributed by atoms with E-state index in [9.17, 15) is 10.5 Å². The first kappa shape index (κ1) is 25.1. The van der Waals surface area contributed by atoms with Crippen molar-refractivity contribution in [3.05, 3.63) is 130 Å². The van der Waals surface area contributed by atoms with Gasteiger partial charge in [-0.3, -0.25) is 0 Å². The Hall–Kier alpha value is -5.63. The fraction of sp³-hybridized carbons (Fsp3) is 0.154. The predicted molar refractivity (Wildman–Crippen MR) is 172 cm³/mol. The van der Waals surface area contributed by atoms with Crippen LogP contribution in [0, 0.1) is 29.2 Å². The first-order chi connectivity index (χ1) is 20.7. The Kier molecular flexibility index (Phi) is 4.80. The molecule has 0 unspecified atom stereocenters. The molecule has 2 aliphatic rings. The van der Waals surface area contributed by atoms with Crippen molar-refractivity contribution in [1.29, 1.82) is 10.5 Å². The van der Waals surface area contributed by atoms with Gasteiger partial charge in [-0.1, -0.05) is 76.2 Å². The fourth-order valence-corrected chi connectivity index (χ4v) is 7.73. The molecule has 0 radical (unpaired) electrons. The minimum absolute atomic E-state index is 0.213. The Bertz CT molecular complexity index is 2220. The van der Waals surface area contributed by atoms with Crippen LogP contribution in [0.25, 0.3) is 54.6 Å². The fourth-order valence-electron chi connectivity index (χ4n) is 7.73. The van der Waals surface area contributed by atoms with Gasteiger partial charge in [-0.2, -0.15) is 10.5 Å². The molecule has 2 aliphatic carbocycles. The molecule has 0 spiro atoms. The topological polar surface area (TPSA) is 56.9 Å². The third-order valence-electron chi connectivity index (χ3n) is 9.85. The molecule has 4 nitrogen and oxygen atoms in total. The summed E-state index contributed by atoms with van der Waals surface area (Å²) in [5, 5.41) is 22.2. The molecular formula is C39H26N4. The number of hydrogen-bond acceptors (Lipinski definition) is 2. The molecule has 0 fully saturated rings. The average Bonchev–Trinajstić information content (AvgIpc) is 3.55. The number of nitriles is 2. The van der Waals surface area contributed by atoms with Gasteiger partial charge in [-0.15, -0.1) is 0 Å². The van der Waals surface area contributed by atoms with Crippen molar-refractivity contribution in [3.8, 4) is 40.1 Å². The van der Waals surface area contributed by atoms with Crippen molar-refractivity contribution < 1.29 is 0 Å². The van der Waals surface area contributed by atoms with E-state index in [0.717, 1.165) is 21.8 Å². The summed E-state index contributed by atoms with van der Waals surface area (Å²) in [5.74, 6) is 0. The minimum atomic E-state index is -0.213. The highest BCUT2D eigenvalue weighted by Gasteiger charge is 2.38. The van der Waals surface area contributed by atoms with Gasteiger partial charge in [0.05, 0.1) is 41.0 Å². The van der Waals surface area contributed by atoms with Gasteiger partial charge in [0.15, 0.2) is 0 Å². The van der Waals surface area contributed by atoms with E-state index in [1.807, 2.05) is 0 Å². The average molecular weight is 551 g/mol. The van der Waals surface area contributed by atoms with E-state index in [4.69, 9.17) is 6.57 Å². The highest BCUT2D eigenvalue weighted by atomic mass is 15.0. The van der Waals surface area contributed by atoms with E-state index in [1.54, 1.807) is 12.1 Å². The number of nitrogens with zero attached hydrogens (tertiary/aromatic N) is 4. The van der Waals surface area contributed by atoms with Crippen molar-refractivity contribution >= 4 is 27.5 Å². The van der Waals surface area contributed by atoms with E-state index < -0.39 is 0 Å². The van der Waals surface area contributed by atoms with Gasteiger partial charge in [0.25, 0.3) is 0 Å². The Morgan fingerprint density at radius 3 is 1.60 bits per heavy atom. The van der Waals surface area contributed by atoms with Crippen molar-refractivity contribution in [3.63, 3.8) is 0 Å². The third kappa shape index (κ3) is 3.07. The maximum Gasteiger partial charge on any atom is 0.213 e. The standard InChI is InChI=1S/C39H26N4/c1-38(2)30-12-8-6-10-24(30)26-16-28-29-17-27-25-11-7-9-13-31(25)39(3,4)33(27)19-36(29)43(35(28)18-32(26)38)37-23(21-41)14-22(20-40)15-34(37)42-5/h6-19H,1-4H3. The van der Waals surface area contributed by atoms with Crippen LogP contribution >= 0.6 is 0 Å². The van der Waals surface area contributed by atoms with Crippen LogP contribution < -0.4 is 0 Å². The van der Waals surface area contributed by atoms with E-state index in [-0.39, 0.29) is 10.8 Å². The molecule has 0 N–H and O–H groups in total. The lowest BCUT2D eigenvalue weighted by atomic mass is 9.82. The van der Waals surface area contributed by atoms with Crippen LogP contribution in [0.2, 0.25) is 0 Å². The van der Waals surface area contributed by atoms with E-state index in [1.165, 1.54) is 44.5 Å². The summed E-state index contributed by atoms with van der Waals surface area (Å²) in [5.41, 5.74) is 12.9. The summed E-state index contributed by atoms with van der Waals surface area (Å²) in [6.45, 7) is 17.1. The molecular weight excluding hydrogens is 524 g/mol. The quantitative estimate of drug-likeness (QED) is 0.191. The van der Waals surface area contributed by atoms with Crippen LogP contribution in [0.5, 0.6) is 0 Å². The van der Waals surface area contributed by atoms with Gasteiger partial charge in [0, 0.05) is 27.2 Å². The van der Waals surface area contributed by atoms with Gasteiger partial charge in [-0.25, -0.2) is 4.85 Å². The molecule has 0 aliphatic heterocycles. The highest BCUT2D eigenvalue weighted by Crippen LogP contribution is 2.54. The van der Waals surface area contributed by atoms with Crippen LogP contribution in [0.4, 0.5) is 5.69 Å². The third-order valence-corrected chi connectivity index (χ3v) is 9.85. The summed E-state index contributed by atoms with van der Waals surface area (Å²) in [6, 6.07) is 34.0. The molecule has 8 rings (SSSR count). The Balaban J connectivity index is 1.58. The normalized spacial score (nSPS) is 14.8. The summed E-state index contributed by atoms with van der Waals surface area (Å²) >= 11 is 0. The minimum Gasteiger partial charge on any atom is -0.318 e.